The molecule has 2 aromatic heterocycles. The highest BCUT2D eigenvalue weighted by Gasteiger charge is 2.13. The number of anilines is 3. The molecule has 8 nitrogen and oxygen atoms in total. The number of hydrogen-bond donors (Lipinski definition) is 5. The lowest BCUT2D eigenvalue weighted by Gasteiger charge is -2.09. The number of pyridine rings is 1. The van der Waals surface area contributed by atoms with Crippen molar-refractivity contribution < 1.29 is 9.59 Å². The molecule has 0 unspecified atom stereocenters. The van der Waals surface area contributed by atoms with Gasteiger partial charge in [0.25, 0.3) is 0 Å². The van der Waals surface area contributed by atoms with Crippen molar-refractivity contribution in [2.45, 2.75) is 6.54 Å². The maximum Gasteiger partial charge on any atom is 0.323 e. The minimum Gasteiger partial charge on any atom is -0.383 e. The quantitative estimate of drug-likeness (QED) is 0.275. The molecule has 9 heteroatoms. The topological polar surface area (TPSA) is 149 Å². The van der Waals surface area contributed by atoms with E-state index in [4.69, 9.17) is 17.2 Å². The number of amides is 3. The predicted octanol–water partition coefficient (Wildman–Crippen LogP) is 4.15. The van der Waals surface area contributed by atoms with Gasteiger partial charge in [0.05, 0.1) is 0 Å². The van der Waals surface area contributed by atoms with Gasteiger partial charge in [0.15, 0.2) is 0 Å². The summed E-state index contributed by atoms with van der Waals surface area (Å²) in [7, 11) is 0. The van der Waals surface area contributed by atoms with Crippen LogP contribution in [0, 0.1) is 0 Å². The molecule has 3 amide bonds. The van der Waals surface area contributed by atoms with Gasteiger partial charge in [-0.2, -0.15) is 0 Å². The van der Waals surface area contributed by atoms with E-state index in [0.29, 0.717) is 23.7 Å². The van der Waals surface area contributed by atoms with Gasteiger partial charge >= 0.3 is 6.03 Å². The first-order valence-electron chi connectivity index (χ1n) is 10.0. The summed E-state index contributed by atoms with van der Waals surface area (Å²) in [6.45, 7) is 0.402. The van der Waals surface area contributed by atoms with Crippen molar-refractivity contribution in [3.05, 3.63) is 77.3 Å². The van der Waals surface area contributed by atoms with Gasteiger partial charge in [-0.15, -0.1) is 11.3 Å². The predicted molar refractivity (Wildman–Crippen MR) is 135 cm³/mol. The summed E-state index contributed by atoms with van der Waals surface area (Å²) in [5, 5.41) is 8.41. The largest absolute Gasteiger partial charge is 0.383 e. The number of benzene rings is 2. The van der Waals surface area contributed by atoms with Crippen molar-refractivity contribution >= 4 is 56.6 Å². The standard InChI is InChI=1S/C24H22N6O2S/c25-11-14-2-1-3-18(10-14)30-24(32)29-17-7-4-15(5-8-17)19-13-33-22-16(6-9-20(26)31)12-28-23(27)21(19)22/h1-10,12-13H,11,25H2,(H2,26,31)(H2,27,28)(H2,29,30,32)/b9-6+. The zero-order valence-electron chi connectivity index (χ0n) is 17.5. The summed E-state index contributed by atoms with van der Waals surface area (Å²) in [6.07, 6.45) is 4.54. The average Bonchev–Trinajstić information content (AvgIpc) is 3.25. The fraction of sp³-hybridized carbons (Fsp3) is 0.0417. The second-order valence-corrected chi connectivity index (χ2v) is 8.13. The molecule has 0 atom stereocenters. The van der Waals surface area contributed by atoms with Crippen LogP contribution in [0.15, 0.2) is 66.2 Å². The number of thiophene rings is 1. The van der Waals surface area contributed by atoms with Crippen LogP contribution in [0.25, 0.3) is 27.3 Å². The van der Waals surface area contributed by atoms with Crippen molar-refractivity contribution in [1.82, 2.24) is 4.98 Å². The Morgan fingerprint density at radius 1 is 1.06 bits per heavy atom. The van der Waals surface area contributed by atoms with Crippen LogP contribution >= 0.6 is 11.3 Å². The van der Waals surface area contributed by atoms with E-state index in [0.717, 1.165) is 32.3 Å². The number of nitrogens with zero attached hydrogens (tertiary/aromatic N) is 1. The highest BCUT2D eigenvalue weighted by molar-refractivity contribution is 7.18. The van der Waals surface area contributed by atoms with Gasteiger partial charge in [-0.1, -0.05) is 24.3 Å². The van der Waals surface area contributed by atoms with Crippen LogP contribution in [0.3, 0.4) is 0 Å². The number of fused-ring (bicyclic) bond motifs is 1. The minimum atomic E-state index is -0.532. The molecular weight excluding hydrogens is 436 g/mol. The molecule has 0 saturated carbocycles. The molecule has 4 aromatic rings. The molecule has 2 heterocycles. The monoisotopic (exact) mass is 458 g/mol. The van der Waals surface area contributed by atoms with Crippen molar-refractivity contribution in [1.29, 1.82) is 0 Å². The molecule has 8 N–H and O–H groups in total. The van der Waals surface area contributed by atoms with E-state index in [1.807, 2.05) is 47.8 Å². The number of rotatable bonds is 6. The Kier molecular flexibility index (Phi) is 6.34. The molecule has 33 heavy (non-hydrogen) atoms. The zero-order chi connectivity index (χ0) is 23.4. The molecule has 0 aliphatic heterocycles. The molecular formula is C24H22N6O2S. The van der Waals surface area contributed by atoms with E-state index in [-0.39, 0.29) is 6.03 Å². The summed E-state index contributed by atoms with van der Waals surface area (Å²) in [6, 6.07) is 14.4. The smallest absolute Gasteiger partial charge is 0.323 e. The number of aromatic nitrogens is 1. The lowest BCUT2D eigenvalue weighted by Crippen LogP contribution is -2.19. The van der Waals surface area contributed by atoms with Crippen molar-refractivity contribution in [2.24, 2.45) is 11.5 Å². The number of primary amides is 1. The fourth-order valence-electron chi connectivity index (χ4n) is 3.39. The van der Waals surface area contributed by atoms with Crippen molar-refractivity contribution in [3.63, 3.8) is 0 Å². The van der Waals surface area contributed by atoms with Crippen LogP contribution in [0.1, 0.15) is 11.1 Å². The fourth-order valence-corrected chi connectivity index (χ4v) is 4.47. The van der Waals surface area contributed by atoms with E-state index in [1.165, 1.54) is 17.4 Å². The maximum atomic E-state index is 12.3. The number of nitrogens with two attached hydrogens (primary N) is 3. The summed E-state index contributed by atoms with van der Waals surface area (Å²) in [5.74, 6) is -0.130. The van der Waals surface area contributed by atoms with Gasteiger partial charge in [0, 0.05) is 51.4 Å². The van der Waals surface area contributed by atoms with Crippen LogP contribution in [-0.2, 0) is 11.3 Å². The molecule has 0 fully saturated rings. The molecule has 0 aliphatic rings. The molecule has 2 aromatic carbocycles. The lowest BCUT2D eigenvalue weighted by atomic mass is 10.0. The number of nitrogen functional groups attached to an aromatic ring is 1. The zero-order valence-corrected chi connectivity index (χ0v) is 18.4. The minimum absolute atomic E-state index is 0.350. The molecule has 0 bridgehead atoms. The second kappa shape index (κ2) is 9.51. The van der Waals surface area contributed by atoms with Crippen molar-refractivity contribution in [2.75, 3.05) is 16.4 Å². The van der Waals surface area contributed by atoms with Gasteiger partial charge < -0.3 is 27.8 Å². The van der Waals surface area contributed by atoms with Crippen LogP contribution in [0.4, 0.5) is 22.0 Å². The van der Waals surface area contributed by atoms with Gasteiger partial charge in [-0.25, -0.2) is 9.78 Å². The number of carbonyl (C=O) groups excluding carboxylic acids is 2. The van der Waals surface area contributed by atoms with Gasteiger partial charge in [0.2, 0.25) is 5.91 Å². The SMILES string of the molecule is NCc1cccc(NC(=O)Nc2ccc(-c3csc4c(/C=C/C(N)=O)cnc(N)c34)cc2)c1. The molecule has 166 valence electrons. The first-order valence-corrected chi connectivity index (χ1v) is 10.9. The Morgan fingerprint density at radius 3 is 2.55 bits per heavy atom. The molecule has 0 radical (unpaired) electrons. The average molecular weight is 459 g/mol. The number of urea groups is 1. The molecule has 0 saturated heterocycles. The highest BCUT2D eigenvalue weighted by Crippen LogP contribution is 2.39. The molecule has 0 aliphatic carbocycles. The van der Waals surface area contributed by atoms with Crippen LogP contribution in [-0.4, -0.2) is 16.9 Å². The van der Waals surface area contributed by atoms with E-state index in [9.17, 15) is 9.59 Å². The van der Waals surface area contributed by atoms with Crippen LogP contribution in [0.5, 0.6) is 0 Å². The highest BCUT2D eigenvalue weighted by atomic mass is 32.1. The molecule has 0 spiro atoms. The van der Waals surface area contributed by atoms with Gasteiger partial charge in [0.1, 0.15) is 5.82 Å². The van der Waals surface area contributed by atoms with E-state index in [2.05, 4.69) is 15.6 Å². The van der Waals surface area contributed by atoms with E-state index in [1.54, 1.807) is 18.3 Å². The first kappa shape index (κ1) is 22.0. The lowest BCUT2D eigenvalue weighted by molar-refractivity contribution is -0.113. The Hall–Kier alpha value is -4.21. The van der Waals surface area contributed by atoms with Crippen molar-refractivity contribution in [3.8, 4) is 11.1 Å². The Bertz CT molecular complexity index is 1360. The Labute approximate surface area is 194 Å². The normalized spacial score (nSPS) is 11.1. The third kappa shape index (κ3) is 5.00. The summed E-state index contributed by atoms with van der Waals surface area (Å²) >= 11 is 1.51. The molecule has 4 rings (SSSR count). The Morgan fingerprint density at radius 2 is 1.82 bits per heavy atom. The number of carbonyl (C=O) groups is 2. The van der Waals surface area contributed by atoms with E-state index >= 15 is 0 Å². The summed E-state index contributed by atoms with van der Waals surface area (Å²) < 4.78 is 0.913. The third-order valence-electron chi connectivity index (χ3n) is 4.95. The number of nitrogens with one attached hydrogen (secondary N) is 2. The first-order chi connectivity index (χ1) is 15.9. The maximum absolute atomic E-state index is 12.3. The number of hydrogen-bond acceptors (Lipinski definition) is 6. The second-order valence-electron chi connectivity index (χ2n) is 7.25. The van der Waals surface area contributed by atoms with E-state index < -0.39 is 5.91 Å². The Balaban J connectivity index is 1.54. The third-order valence-corrected chi connectivity index (χ3v) is 5.98. The van der Waals surface area contributed by atoms with Gasteiger partial charge in [-0.05, 0) is 46.8 Å². The summed E-state index contributed by atoms with van der Waals surface area (Å²) in [4.78, 5) is 27.7. The van der Waals surface area contributed by atoms with Crippen LogP contribution in [0.2, 0.25) is 0 Å². The van der Waals surface area contributed by atoms with Gasteiger partial charge in [-0.3, -0.25) is 4.79 Å². The summed E-state index contributed by atoms with van der Waals surface area (Å²) in [5.41, 5.74) is 21.9. The van der Waals surface area contributed by atoms with Crippen LogP contribution < -0.4 is 27.8 Å².